The molecule has 4 amide bonds. The number of nitrogens with one attached hydrogen (secondary N) is 4. The van der Waals surface area contributed by atoms with Crippen molar-refractivity contribution in [1.82, 2.24) is 10.6 Å². The van der Waals surface area contributed by atoms with Crippen molar-refractivity contribution in [3.05, 3.63) is 83.4 Å². The average molecular weight is 477 g/mol. The van der Waals surface area contributed by atoms with Crippen molar-refractivity contribution < 1.29 is 19.8 Å². The van der Waals surface area contributed by atoms with E-state index < -0.39 is 0 Å². The fraction of sp³-hybridized carbons (Fsp3) is 0.259. The van der Waals surface area contributed by atoms with Crippen LogP contribution < -0.4 is 21.3 Å². The summed E-state index contributed by atoms with van der Waals surface area (Å²) in [7, 11) is 0. The first-order valence-electron chi connectivity index (χ1n) is 11.5. The number of aryl methyl sites for hydroxylation is 1. The maximum Gasteiger partial charge on any atom is 0.319 e. The second-order valence-corrected chi connectivity index (χ2v) is 8.77. The highest BCUT2D eigenvalue weighted by Gasteiger charge is 2.12. The maximum atomic E-state index is 12.5. The van der Waals surface area contributed by atoms with Gasteiger partial charge in [-0.3, -0.25) is 0 Å². The van der Waals surface area contributed by atoms with E-state index in [-0.39, 0.29) is 35.6 Å². The summed E-state index contributed by atoms with van der Waals surface area (Å²) in [5.74, 6) is 0.410. The Morgan fingerprint density at radius 3 is 1.66 bits per heavy atom. The molecule has 0 aromatic heterocycles. The fourth-order valence-corrected chi connectivity index (χ4v) is 3.68. The van der Waals surface area contributed by atoms with Crippen molar-refractivity contribution in [3.63, 3.8) is 0 Å². The zero-order valence-electron chi connectivity index (χ0n) is 20.1. The van der Waals surface area contributed by atoms with Crippen LogP contribution in [0.3, 0.4) is 0 Å². The molecule has 2 unspecified atom stereocenters. The molecule has 0 aliphatic heterocycles. The lowest BCUT2D eigenvalue weighted by atomic mass is 10.1. The quantitative estimate of drug-likeness (QED) is 0.276. The van der Waals surface area contributed by atoms with Gasteiger partial charge in [-0.15, -0.1) is 0 Å². The molecular weight excluding hydrogens is 444 g/mol. The minimum Gasteiger partial charge on any atom is -0.508 e. The highest BCUT2D eigenvalue weighted by Crippen LogP contribution is 2.20. The number of carbonyl (C=O) groups excluding carboxylic acids is 2. The van der Waals surface area contributed by atoms with Crippen LogP contribution in [0.2, 0.25) is 0 Å². The van der Waals surface area contributed by atoms with Crippen LogP contribution in [0.15, 0.2) is 66.7 Å². The standard InChI is InChI=1S/C27H32N4O4/c1-17-4-9-22(30-26(34)28-18(2)14-20-5-10-23(32)11-6-20)16-25(17)31-27(35)29-19(3)15-21-7-12-24(33)13-8-21/h4-13,16,18-19,32-33H,14-15H2,1-3H3,(H2,28,30,34)(H2,29,31,35). The van der Waals surface area contributed by atoms with Crippen molar-refractivity contribution in [2.75, 3.05) is 10.6 Å². The van der Waals surface area contributed by atoms with Crippen molar-refractivity contribution >= 4 is 23.4 Å². The number of hydrogen-bond acceptors (Lipinski definition) is 4. The van der Waals surface area contributed by atoms with Crippen LogP contribution >= 0.6 is 0 Å². The van der Waals surface area contributed by atoms with Gasteiger partial charge < -0.3 is 31.5 Å². The van der Waals surface area contributed by atoms with Gasteiger partial charge in [-0.25, -0.2) is 9.59 Å². The number of phenols is 2. The van der Waals surface area contributed by atoms with Crippen LogP contribution in [0.4, 0.5) is 21.0 Å². The summed E-state index contributed by atoms with van der Waals surface area (Å²) in [6, 6.07) is 18.1. The van der Waals surface area contributed by atoms with Crippen molar-refractivity contribution in [2.45, 2.75) is 45.7 Å². The van der Waals surface area contributed by atoms with Gasteiger partial charge in [0.25, 0.3) is 0 Å². The Morgan fingerprint density at radius 2 is 1.17 bits per heavy atom. The SMILES string of the molecule is Cc1ccc(NC(=O)NC(C)Cc2ccc(O)cc2)cc1NC(=O)NC(C)Cc1ccc(O)cc1. The van der Waals surface area contributed by atoms with Crippen LogP contribution in [-0.4, -0.2) is 34.4 Å². The van der Waals surface area contributed by atoms with Gasteiger partial charge >= 0.3 is 12.1 Å². The summed E-state index contributed by atoms with van der Waals surface area (Å²) < 4.78 is 0. The second-order valence-electron chi connectivity index (χ2n) is 8.77. The number of urea groups is 2. The van der Waals surface area contributed by atoms with Crippen LogP contribution in [0.1, 0.15) is 30.5 Å². The monoisotopic (exact) mass is 476 g/mol. The van der Waals surface area contributed by atoms with Gasteiger partial charge in [0.1, 0.15) is 11.5 Å². The first-order valence-corrected chi connectivity index (χ1v) is 11.5. The normalized spacial score (nSPS) is 12.3. The van der Waals surface area contributed by atoms with Crippen LogP contribution in [0, 0.1) is 6.92 Å². The maximum absolute atomic E-state index is 12.5. The number of anilines is 2. The first kappa shape index (κ1) is 25.4. The lowest BCUT2D eigenvalue weighted by Crippen LogP contribution is -2.38. The van der Waals surface area contributed by atoms with Crippen LogP contribution in [0.5, 0.6) is 11.5 Å². The molecule has 3 rings (SSSR count). The third-order valence-electron chi connectivity index (χ3n) is 5.46. The van der Waals surface area contributed by atoms with Gasteiger partial charge in [0.2, 0.25) is 0 Å². The molecule has 0 heterocycles. The van der Waals surface area contributed by atoms with E-state index >= 15 is 0 Å². The Bertz CT molecular complexity index is 1150. The van der Waals surface area contributed by atoms with Crippen LogP contribution in [-0.2, 0) is 12.8 Å². The number of rotatable bonds is 8. The zero-order chi connectivity index (χ0) is 25.4. The predicted molar refractivity (Wildman–Crippen MR) is 138 cm³/mol. The van der Waals surface area contributed by atoms with Crippen molar-refractivity contribution in [3.8, 4) is 11.5 Å². The molecule has 0 saturated heterocycles. The minimum atomic E-state index is -0.349. The number of phenolic OH excluding ortho intramolecular Hbond substituents is 2. The number of carbonyl (C=O) groups is 2. The van der Waals surface area contributed by atoms with Crippen molar-refractivity contribution in [1.29, 1.82) is 0 Å². The number of aromatic hydroxyl groups is 2. The highest BCUT2D eigenvalue weighted by molar-refractivity contribution is 5.93. The Labute approximate surface area is 205 Å². The number of benzene rings is 3. The smallest absolute Gasteiger partial charge is 0.319 e. The lowest BCUT2D eigenvalue weighted by molar-refractivity contribution is 0.248. The highest BCUT2D eigenvalue weighted by atomic mass is 16.3. The third-order valence-corrected chi connectivity index (χ3v) is 5.46. The van der Waals surface area contributed by atoms with Gasteiger partial charge in [-0.1, -0.05) is 30.3 Å². The second kappa shape index (κ2) is 11.8. The lowest BCUT2D eigenvalue weighted by Gasteiger charge is -2.17. The molecule has 3 aromatic carbocycles. The molecule has 0 radical (unpaired) electrons. The van der Waals surface area contributed by atoms with Gasteiger partial charge in [0.15, 0.2) is 0 Å². The summed E-state index contributed by atoms with van der Waals surface area (Å²) in [4.78, 5) is 25.0. The molecule has 184 valence electrons. The Morgan fingerprint density at radius 1 is 0.714 bits per heavy atom. The molecule has 0 bridgehead atoms. The van der Waals surface area contributed by atoms with E-state index in [1.54, 1.807) is 36.4 Å². The summed E-state index contributed by atoms with van der Waals surface area (Å²) >= 11 is 0. The zero-order valence-corrected chi connectivity index (χ0v) is 20.1. The summed E-state index contributed by atoms with van der Waals surface area (Å²) in [6.45, 7) is 5.68. The van der Waals surface area contributed by atoms with E-state index in [1.807, 2.05) is 51.1 Å². The molecule has 8 heteroatoms. The minimum absolute atomic E-state index is 0.122. The molecule has 0 fully saturated rings. The molecule has 0 aliphatic rings. The van der Waals surface area contributed by atoms with E-state index in [0.717, 1.165) is 16.7 Å². The van der Waals surface area contributed by atoms with Gasteiger partial charge in [-0.05, 0) is 86.7 Å². The summed E-state index contributed by atoms with van der Waals surface area (Å²) in [6.07, 6.45) is 1.24. The number of amides is 4. The summed E-state index contributed by atoms with van der Waals surface area (Å²) in [5.41, 5.74) is 4.01. The number of hydrogen-bond donors (Lipinski definition) is 6. The molecule has 3 aromatic rings. The molecule has 6 N–H and O–H groups in total. The molecule has 2 atom stereocenters. The molecule has 0 spiro atoms. The van der Waals surface area contributed by atoms with Gasteiger partial charge in [0, 0.05) is 23.5 Å². The Balaban J connectivity index is 1.51. The van der Waals surface area contributed by atoms with Crippen LogP contribution in [0.25, 0.3) is 0 Å². The Kier molecular flexibility index (Phi) is 8.56. The topological polar surface area (TPSA) is 123 Å². The van der Waals surface area contributed by atoms with Gasteiger partial charge in [0.05, 0.1) is 0 Å². The average Bonchev–Trinajstić information content (AvgIpc) is 2.79. The van der Waals surface area contributed by atoms with E-state index in [2.05, 4.69) is 21.3 Å². The van der Waals surface area contributed by atoms with E-state index in [0.29, 0.717) is 24.2 Å². The first-order chi connectivity index (χ1) is 16.7. The molecule has 0 saturated carbocycles. The largest absolute Gasteiger partial charge is 0.508 e. The van der Waals surface area contributed by atoms with E-state index in [4.69, 9.17) is 0 Å². The third kappa shape index (κ3) is 8.26. The molecular formula is C27H32N4O4. The van der Waals surface area contributed by atoms with Crippen molar-refractivity contribution in [2.24, 2.45) is 0 Å². The molecule has 0 aliphatic carbocycles. The van der Waals surface area contributed by atoms with Gasteiger partial charge in [-0.2, -0.15) is 0 Å². The van der Waals surface area contributed by atoms with E-state index in [1.165, 1.54) is 0 Å². The molecule has 35 heavy (non-hydrogen) atoms. The summed E-state index contributed by atoms with van der Waals surface area (Å²) in [5, 5.41) is 30.2. The molecule has 8 nitrogen and oxygen atoms in total. The Hall–Kier alpha value is -4.20. The van der Waals surface area contributed by atoms with E-state index in [9.17, 15) is 19.8 Å². The fourth-order valence-electron chi connectivity index (χ4n) is 3.68. The predicted octanol–water partition coefficient (Wildman–Crippen LogP) is 4.91.